The van der Waals surface area contributed by atoms with Gasteiger partial charge in [0.2, 0.25) is 11.8 Å². The Morgan fingerprint density at radius 2 is 1.86 bits per heavy atom. The molecule has 0 aliphatic carbocycles. The third kappa shape index (κ3) is 7.66. The number of nitrogens with zero attached hydrogens (tertiary/aromatic N) is 3. The van der Waals surface area contributed by atoms with Crippen molar-refractivity contribution in [3.8, 4) is 5.88 Å². The summed E-state index contributed by atoms with van der Waals surface area (Å²) in [7, 11) is 0. The van der Waals surface area contributed by atoms with Gasteiger partial charge in [0.1, 0.15) is 18.2 Å². The van der Waals surface area contributed by atoms with Gasteiger partial charge in [-0.25, -0.2) is 4.98 Å². The zero-order valence-electron chi connectivity index (χ0n) is 21.5. The molecule has 1 saturated heterocycles. The lowest BCUT2D eigenvalue weighted by molar-refractivity contribution is -0.135. The summed E-state index contributed by atoms with van der Waals surface area (Å²) in [4.78, 5) is 35.0. The number of halogens is 1. The molecule has 2 bridgehead atoms. The van der Waals surface area contributed by atoms with Crippen LogP contribution < -0.4 is 10.1 Å². The van der Waals surface area contributed by atoms with E-state index < -0.39 is 6.04 Å². The molecule has 1 N–H and O–H groups in total. The van der Waals surface area contributed by atoms with E-state index in [4.69, 9.17) is 21.1 Å². The van der Waals surface area contributed by atoms with E-state index in [0.717, 1.165) is 49.5 Å². The molecule has 2 aromatic rings. The topological polar surface area (TPSA) is 84.0 Å². The smallest absolute Gasteiger partial charge is 0.257 e. The summed E-state index contributed by atoms with van der Waals surface area (Å²) in [6, 6.07) is 10.7. The lowest BCUT2D eigenvalue weighted by Gasteiger charge is -2.36. The molecule has 0 unspecified atom stereocenters. The maximum Gasteiger partial charge on any atom is 0.257 e. The molecule has 3 aliphatic heterocycles. The fourth-order valence-corrected chi connectivity index (χ4v) is 5.17. The van der Waals surface area contributed by atoms with Crippen molar-refractivity contribution in [3.63, 3.8) is 0 Å². The van der Waals surface area contributed by atoms with Crippen LogP contribution in [0.25, 0.3) is 0 Å². The molecular weight excluding hydrogens is 492 g/mol. The minimum Gasteiger partial charge on any atom is -0.475 e. The third-order valence-electron chi connectivity index (χ3n) is 7.01. The number of amides is 2. The van der Waals surface area contributed by atoms with E-state index in [1.165, 1.54) is 0 Å². The molecule has 1 aromatic heterocycles. The fourth-order valence-electron chi connectivity index (χ4n) is 4.98. The van der Waals surface area contributed by atoms with Gasteiger partial charge in [-0.1, -0.05) is 43.1 Å². The van der Waals surface area contributed by atoms with Crippen LogP contribution in [0.4, 0.5) is 0 Å². The standard InChI is InChI=1S/C28H37ClN4O4/c1-2-6-25-28(35)33-13-10-21(11-14-33)19-32(20-22-7-3-4-9-24(22)29)15-16-36-17-18-37-27-23(26(34)31-25)8-5-12-30-27/h3-5,7-9,12,21,25H,2,6,10-11,13-20H2,1H3,(H,31,34)/t25-/m1/s1. The predicted molar refractivity (Wildman–Crippen MR) is 143 cm³/mol. The number of rotatable bonds is 4. The van der Waals surface area contributed by atoms with Crippen molar-refractivity contribution in [2.45, 2.75) is 45.2 Å². The van der Waals surface area contributed by atoms with Crippen LogP contribution in [0, 0.1) is 5.92 Å². The van der Waals surface area contributed by atoms with E-state index in [-0.39, 0.29) is 24.3 Å². The van der Waals surface area contributed by atoms with Crippen molar-refractivity contribution >= 4 is 23.4 Å². The molecule has 0 radical (unpaired) electrons. The maximum absolute atomic E-state index is 13.4. The van der Waals surface area contributed by atoms with E-state index in [1.54, 1.807) is 18.3 Å². The monoisotopic (exact) mass is 528 g/mol. The molecule has 4 heterocycles. The first-order valence-corrected chi connectivity index (χ1v) is 13.6. The highest BCUT2D eigenvalue weighted by atomic mass is 35.5. The molecule has 2 amide bonds. The number of ether oxygens (including phenoxy) is 2. The quantitative estimate of drug-likeness (QED) is 0.608. The number of hydrogen-bond acceptors (Lipinski definition) is 6. The molecule has 1 fully saturated rings. The summed E-state index contributed by atoms with van der Waals surface area (Å²) < 4.78 is 11.7. The van der Waals surface area contributed by atoms with Crippen LogP contribution in [0.3, 0.4) is 0 Å². The molecule has 5 rings (SSSR count). The minimum atomic E-state index is -0.568. The number of benzene rings is 1. The van der Waals surface area contributed by atoms with Gasteiger partial charge in [0.25, 0.3) is 5.91 Å². The molecular formula is C28H37ClN4O4. The summed E-state index contributed by atoms with van der Waals surface area (Å²) >= 11 is 6.46. The van der Waals surface area contributed by atoms with Gasteiger partial charge < -0.3 is 19.7 Å². The predicted octanol–water partition coefficient (Wildman–Crippen LogP) is 3.78. The molecule has 1 atom stereocenters. The van der Waals surface area contributed by atoms with Gasteiger partial charge in [-0.3, -0.25) is 14.5 Å². The van der Waals surface area contributed by atoms with Crippen molar-refractivity contribution in [3.05, 3.63) is 58.7 Å². The summed E-state index contributed by atoms with van der Waals surface area (Å²) in [6.07, 6.45) is 4.82. The lowest BCUT2D eigenvalue weighted by Crippen LogP contribution is -2.51. The van der Waals surface area contributed by atoms with Crippen LogP contribution in [-0.4, -0.2) is 78.6 Å². The van der Waals surface area contributed by atoms with Crippen LogP contribution in [0.2, 0.25) is 5.02 Å². The lowest BCUT2D eigenvalue weighted by atomic mass is 9.95. The van der Waals surface area contributed by atoms with Crippen molar-refractivity contribution in [1.82, 2.24) is 20.1 Å². The van der Waals surface area contributed by atoms with E-state index in [1.807, 2.05) is 30.0 Å². The summed E-state index contributed by atoms with van der Waals surface area (Å²) in [6.45, 7) is 7.04. The Morgan fingerprint density at radius 3 is 2.65 bits per heavy atom. The van der Waals surface area contributed by atoms with Crippen molar-refractivity contribution in [2.75, 3.05) is 46.0 Å². The van der Waals surface area contributed by atoms with Crippen molar-refractivity contribution < 1.29 is 19.1 Å². The van der Waals surface area contributed by atoms with E-state index in [0.29, 0.717) is 44.2 Å². The number of piperidine rings is 1. The zero-order valence-corrected chi connectivity index (χ0v) is 22.3. The molecule has 0 saturated carbocycles. The van der Waals surface area contributed by atoms with Crippen LogP contribution >= 0.6 is 11.6 Å². The van der Waals surface area contributed by atoms with Gasteiger partial charge in [0.05, 0.1) is 13.2 Å². The number of hydrogen-bond donors (Lipinski definition) is 1. The molecule has 8 nitrogen and oxygen atoms in total. The number of fused-ring (bicyclic) bond motifs is 12. The second kappa shape index (κ2) is 13.7. The minimum absolute atomic E-state index is 0.0116. The normalized spacial score (nSPS) is 22.5. The van der Waals surface area contributed by atoms with Gasteiger partial charge in [-0.05, 0) is 48.9 Å². The Hall–Kier alpha value is -2.68. The molecule has 1 aromatic carbocycles. The van der Waals surface area contributed by atoms with Gasteiger partial charge in [0, 0.05) is 43.9 Å². The first kappa shape index (κ1) is 27.4. The Morgan fingerprint density at radius 1 is 1.05 bits per heavy atom. The maximum atomic E-state index is 13.4. The van der Waals surface area contributed by atoms with Crippen molar-refractivity contribution in [1.29, 1.82) is 0 Å². The molecule has 0 spiro atoms. The third-order valence-corrected chi connectivity index (χ3v) is 7.38. The average Bonchev–Trinajstić information content (AvgIpc) is 2.91. The number of pyridine rings is 1. The Balaban J connectivity index is 1.51. The summed E-state index contributed by atoms with van der Waals surface area (Å²) in [5.41, 5.74) is 1.42. The number of aromatic nitrogens is 1. The van der Waals surface area contributed by atoms with Crippen LogP contribution in [-0.2, 0) is 16.1 Å². The first-order chi connectivity index (χ1) is 18.0. The van der Waals surface area contributed by atoms with Gasteiger partial charge in [0.15, 0.2) is 0 Å². The molecule has 37 heavy (non-hydrogen) atoms. The van der Waals surface area contributed by atoms with E-state index in [2.05, 4.69) is 21.3 Å². The zero-order chi connectivity index (χ0) is 26.0. The van der Waals surface area contributed by atoms with Gasteiger partial charge in [-0.15, -0.1) is 0 Å². The molecule has 3 aliphatic rings. The first-order valence-electron chi connectivity index (χ1n) is 13.3. The van der Waals surface area contributed by atoms with Crippen molar-refractivity contribution in [2.24, 2.45) is 5.92 Å². The Kier molecular flexibility index (Phi) is 10.2. The van der Waals surface area contributed by atoms with Crippen LogP contribution in [0.15, 0.2) is 42.6 Å². The molecule has 9 heteroatoms. The van der Waals surface area contributed by atoms with E-state index in [9.17, 15) is 9.59 Å². The van der Waals surface area contributed by atoms with Gasteiger partial charge in [-0.2, -0.15) is 0 Å². The summed E-state index contributed by atoms with van der Waals surface area (Å²) in [5, 5.41) is 3.72. The second-order valence-electron chi connectivity index (χ2n) is 9.73. The second-order valence-corrected chi connectivity index (χ2v) is 10.1. The largest absolute Gasteiger partial charge is 0.475 e. The average molecular weight is 529 g/mol. The Labute approximate surface area is 224 Å². The summed E-state index contributed by atoms with van der Waals surface area (Å²) in [5.74, 6) is 0.365. The highest BCUT2D eigenvalue weighted by Gasteiger charge is 2.30. The number of carbonyl (C=O) groups excluding carboxylic acids is 2. The number of nitrogens with one attached hydrogen (secondary N) is 1. The SMILES string of the molecule is CCC[C@H]1NC(=O)c2cccnc2OCCOCCN(Cc2ccccc2Cl)CC2CCN(CC2)C1=O. The number of carbonyl (C=O) groups is 2. The molecule has 200 valence electrons. The fraction of sp³-hybridized carbons (Fsp3) is 0.536. The highest BCUT2D eigenvalue weighted by Crippen LogP contribution is 2.23. The van der Waals surface area contributed by atoms with Crippen LogP contribution in [0.5, 0.6) is 5.88 Å². The highest BCUT2D eigenvalue weighted by molar-refractivity contribution is 6.31. The Bertz CT molecular complexity index is 1040. The van der Waals surface area contributed by atoms with Crippen LogP contribution in [0.1, 0.15) is 48.5 Å². The van der Waals surface area contributed by atoms with Gasteiger partial charge >= 0.3 is 0 Å². The van der Waals surface area contributed by atoms with E-state index >= 15 is 0 Å².